The summed E-state index contributed by atoms with van der Waals surface area (Å²) >= 11 is 0. The number of benzene rings is 2. The Labute approximate surface area is 178 Å². The summed E-state index contributed by atoms with van der Waals surface area (Å²) in [6.07, 6.45) is 3.34. The van der Waals surface area contributed by atoms with Crippen LogP contribution >= 0.6 is 0 Å². The SMILES string of the molecule is COc1ccccc1-n1cc(C)c(-c2ccc(-n3cc(C)ccc3=O)cc2F)cc1=O. The molecule has 6 heteroatoms. The van der Waals surface area contributed by atoms with Gasteiger partial charge in [-0.05, 0) is 60.9 Å². The number of nitrogens with zero attached hydrogens (tertiary/aromatic N) is 2. The van der Waals surface area contributed by atoms with Gasteiger partial charge in [0.1, 0.15) is 11.6 Å². The van der Waals surface area contributed by atoms with Crippen LogP contribution in [0.2, 0.25) is 0 Å². The van der Waals surface area contributed by atoms with E-state index in [9.17, 15) is 9.59 Å². The van der Waals surface area contributed by atoms with Gasteiger partial charge in [0, 0.05) is 30.1 Å². The van der Waals surface area contributed by atoms with Crippen LogP contribution in [0.5, 0.6) is 5.75 Å². The molecule has 31 heavy (non-hydrogen) atoms. The first-order valence-electron chi connectivity index (χ1n) is 9.75. The number of halogens is 1. The molecule has 0 saturated carbocycles. The second kappa shape index (κ2) is 8.07. The van der Waals surface area contributed by atoms with Crippen molar-refractivity contribution in [2.75, 3.05) is 7.11 Å². The van der Waals surface area contributed by atoms with Crippen molar-refractivity contribution in [3.63, 3.8) is 0 Å². The van der Waals surface area contributed by atoms with Crippen molar-refractivity contribution in [1.82, 2.24) is 9.13 Å². The zero-order valence-electron chi connectivity index (χ0n) is 17.4. The third-order valence-electron chi connectivity index (χ3n) is 5.18. The summed E-state index contributed by atoms with van der Waals surface area (Å²) in [5, 5.41) is 0. The Morgan fingerprint density at radius 3 is 2.32 bits per heavy atom. The van der Waals surface area contributed by atoms with Gasteiger partial charge >= 0.3 is 0 Å². The molecule has 0 saturated heterocycles. The van der Waals surface area contributed by atoms with E-state index in [1.54, 1.807) is 49.8 Å². The number of aromatic nitrogens is 2. The van der Waals surface area contributed by atoms with Crippen molar-refractivity contribution in [2.45, 2.75) is 13.8 Å². The highest BCUT2D eigenvalue weighted by molar-refractivity contribution is 5.69. The molecular formula is C25H21FN2O3. The van der Waals surface area contributed by atoms with Crippen molar-refractivity contribution in [1.29, 1.82) is 0 Å². The van der Waals surface area contributed by atoms with Gasteiger partial charge in [0.2, 0.25) is 0 Å². The standard InChI is InChI=1S/C25H21FN2O3/c1-16-8-11-24(29)27(14-16)18-9-10-19(21(26)12-18)20-13-25(30)28(15-17(20)2)22-6-4-5-7-23(22)31-3/h4-15H,1-3H3. The van der Waals surface area contributed by atoms with Crippen molar-refractivity contribution < 1.29 is 9.13 Å². The third-order valence-corrected chi connectivity index (χ3v) is 5.18. The lowest BCUT2D eigenvalue weighted by Gasteiger charge is -2.15. The zero-order chi connectivity index (χ0) is 22.1. The van der Waals surface area contributed by atoms with Crippen LogP contribution in [0.4, 0.5) is 4.39 Å². The molecule has 0 aliphatic carbocycles. The molecule has 2 aromatic heterocycles. The average molecular weight is 416 g/mol. The summed E-state index contributed by atoms with van der Waals surface area (Å²) in [6, 6.07) is 16.3. The predicted molar refractivity (Wildman–Crippen MR) is 119 cm³/mol. The third kappa shape index (κ3) is 3.80. The van der Waals surface area contributed by atoms with E-state index in [0.29, 0.717) is 28.3 Å². The van der Waals surface area contributed by atoms with Crippen molar-refractivity contribution in [3.05, 3.63) is 111 Å². The first-order valence-corrected chi connectivity index (χ1v) is 9.75. The minimum absolute atomic E-state index is 0.242. The molecule has 2 heterocycles. The van der Waals surface area contributed by atoms with Gasteiger partial charge in [-0.15, -0.1) is 0 Å². The van der Waals surface area contributed by atoms with Crippen LogP contribution in [0.1, 0.15) is 11.1 Å². The maximum absolute atomic E-state index is 15.1. The van der Waals surface area contributed by atoms with E-state index in [4.69, 9.17) is 4.74 Å². The highest BCUT2D eigenvalue weighted by atomic mass is 19.1. The fraction of sp³-hybridized carbons (Fsp3) is 0.120. The van der Waals surface area contributed by atoms with E-state index in [2.05, 4.69) is 0 Å². The molecule has 0 N–H and O–H groups in total. The van der Waals surface area contributed by atoms with Crippen LogP contribution in [-0.2, 0) is 0 Å². The van der Waals surface area contributed by atoms with Crippen LogP contribution in [-0.4, -0.2) is 16.2 Å². The van der Waals surface area contributed by atoms with Gasteiger partial charge < -0.3 is 4.74 Å². The normalized spacial score (nSPS) is 10.8. The first-order chi connectivity index (χ1) is 14.9. The topological polar surface area (TPSA) is 53.2 Å². The van der Waals surface area contributed by atoms with Crippen molar-refractivity contribution in [3.8, 4) is 28.3 Å². The Hall–Kier alpha value is -3.93. The predicted octanol–water partition coefficient (Wildman–Crippen LogP) is 4.42. The minimum Gasteiger partial charge on any atom is -0.495 e. The number of para-hydroxylation sites is 2. The molecule has 0 unspecified atom stereocenters. The molecule has 2 aromatic carbocycles. The molecule has 4 aromatic rings. The lowest BCUT2D eigenvalue weighted by atomic mass is 10.0. The number of hydrogen-bond acceptors (Lipinski definition) is 3. The molecule has 0 spiro atoms. The summed E-state index contributed by atoms with van der Waals surface area (Å²) in [5.74, 6) is 0.0549. The quantitative estimate of drug-likeness (QED) is 0.495. The Morgan fingerprint density at radius 2 is 1.58 bits per heavy atom. The average Bonchev–Trinajstić information content (AvgIpc) is 2.77. The fourth-order valence-electron chi connectivity index (χ4n) is 3.61. The maximum Gasteiger partial charge on any atom is 0.255 e. The molecule has 0 atom stereocenters. The van der Waals surface area contributed by atoms with E-state index < -0.39 is 5.82 Å². The van der Waals surface area contributed by atoms with E-state index in [-0.39, 0.29) is 11.1 Å². The summed E-state index contributed by atoms with van der Waals surface area (Å²) in [7, 11) is 1.54. The summed E-state index contributed by atoms with van der Waals surface area (Å²) in [4.78, 5) is 25.0. The van der Waals surface area contributed by atoms with Crippen molar-refractivity contribution in [2.24, 2.45) is 0 Å². The number of pyridine rings is 2. The van der Waals surface area contributed by atoms with Crippen LogP contribution < -0.4 is 15.9 Å². The molecule has 156 valence electrons. The lowest BCUT2D eigenvalue weighted by Crippen LogP contribution is -2.19. The molecular weight excluding hydrogens is 395 g/mol. The maximum atomic E-state index is 15.1. The highest BCUT2D eigenvalue weighted by Gasteiger charge is 2.14. The number of rotatable bonds is 4. The van der Waals surface area contributed by atoms with E-state index >= 15 is 4.39 Å². The van der Waals surface area contributed by atoms with Crippen LogP contribution in [0.25, 0.3) is 22.5 Å². The summed E-state index contributed by atoms with van der Waals surface area (Å²) in [6.45, 7) is 3.68. The number of ether oxygens (including phenoxy) is 1. The van der Waals surface area contributed by atoms with Crippen molar-refractivity contribution >= 4 is 0 Å². The smallest absolute Gasteiger partial charge is 0.255 e. The van der Waals surface area contributed by atoms with Gasteiger partial charge in [-0.25, -0.2) is 4.39 Å². The summed E-state index contributed by atoms with van der Waals surface area (Å²) < 4.78 is 23.3. The van der Waals surface area contributed by atoms with Crippen LogP contribution in [0.3, 0.4) is 0 Å². The Bertz CT molecular complexity index is 1400. The Kier molecular flexibility index (Phi) is 5.29. The molecule has 0 amide bonds. The van der Waals surface area contributed by atoms with Gasteiger partial charge in [0.15, 0.2) is 0 Å². The fourth-order valence-corrected chi connectivity index (χ4v) is 3.61. The Balaban J connectivity index is 1.80. The van der Waals surface area contributed by atoms with Gasteiger partial charge in [-0.1, -0.05) is 18.2 Å². The van der Waals surface area contributed by atoms with Crippen LogP contribution in [0.15, 0.2) is 82.6 Å². The monoisotopic (exact) mass is 416 g/mol. The first kappa shape index (κ1) is 20.3. The molecule has 0 aliphatic rings. The number of aryl methyl sites for hydroxylation is 2. The number of methoxy groups -OCH3 is 1. The van der Waals surface area contributed by atoms with Gasteiger partial charge in [-0.3, -0.25) is 18.7 Å². The zero-order valence-corrected chi connectivity index (χ0v) is 17.4. The molecule has 0 bridgehead atoms. The van der Waals surface area contributed by atoms with Gasteiger partial charge in [-0.2, -0.15) is 0 Å². The minimum atomic E-state index is -0.511. The second-order valence-corrected chi connectivity index (χ2v) is 7.33. The summed E-state index contributed by atoms with van der Waals surface area (Å²) in [5.41, 5.74) is 2.90. The van der Waals surface area contributed by atoms with Gasteiger partial charge in [0.05, 0.1) is 18.5 Å². The molecule has 5 nitrogen and oxygen atoms in total. The van der Waals surface area contributed by atoms with Crippen LogP contribution in [0, 0.1) is 19.7 Å². The molecule has 0 fully saturated rings. The molecule has 4 rings (SSSR count). The lowest BCUT2D eigenvalue weighted by molar-refractivity contribution is 0.412. The highest BCUT2D eigenvalue weighted by Crippen LogP contribution is 2.28. The van der Waals surface area contributed by atoms with E-state index in [0.717, 1.165) is 11.1 Å². The Morgan fingerprint density at radius 1 is 0.806 bits per heavy atom. The largest absolute Gasteiger partial charge is 0.495 e. The molecule has 0 aliphatic heterocycles. The second-order valence-electron chi connectivity index (χ2n) is 7.33. The van der Waals surface area contributed by atoms with E-state index in [1.165, 1.54) is 27.3 Å². The number of hydrogen-bond donors (Lipinski definition) is 0. The molecule has 0 radical (unpaired) electrons. The van der Waals surface area contributed by atoms with E-state index in [1.807, 2.05) is 26.0 Å². The van der Waals surface area contributed by atoms with Gasteiger partial charge in [0.25, 0.3) is 11.1 Å².